The fourth-order valence-electron chi connectivity index (χ4n) is 1.12. The Hall–Kier alpha value is -0.550. The van der Waals surface area contributed by atoms with Gasteiger partial charge in [0, 0.05) is 12.6 Å². The first-order chi connectivity index (χ1) is 5.09. The van der Waals surface area contributed by atoms with Gasteiger partial charge in [-0.2, -0.15) is 5.26 Å². The lowest BCUT2D eigenvalue weighted by molar-refractivity contribution is 0.242. The summed E-state index contributed by atoms with van der Waals surface area (Å²) < 4.78 is 0. The van der Waals surface area contributed by atoms with Gasteiger partial charge in [-0.1, -0.05) is 0 Å². The van der Waals surface area contributed by atoms with Crippen LogP contribution in [0.15, 0.2) is 0 Å². The average Bonchev–Trinajstić information content (AvgIpc) is 2.69. The maximum Gasteiger partial charge on any atom is 0.0703 e. The van der Waals surface area contributed by atoms with Crippen LogP contribution in [0, 0.1) is 16.7 Å². The Morgan fingerprint density at radius 1 is 1.55 bits per heavy atom. The zero-order valence-electron chi connectivity index (χ0n) is 7.59. The van der Waals surface area contributed by atoms with Crippen LogP contribution in [0.3, 0.4) is 0 Å². The van der Waals surface area contributed by atoms with Gasteiger partial charge in [0.25, 0.3) is 0 Å². The first-order valence-electron chi connectivity index (χ1n) is 4.21. The molecular formula is C9H16N2. The Labute approximate surface area is 68.8 Å². The molecule has 1 fully saturated rings. The van der Waals surface area contributed by atoms with Gasteiger partial charge in [-0.15, -0.1) is 0 Å². The van der Waals surface area contributed by atoms with Gasteiger partial charge >= 0.3 is 0 Å². The smallest absolute Gasteiger partial charge is 0.0703 e. The number of hydrogen-bond donors (Lipinski definition) is 0. The second-order valence-electron chi connectivity index (χ2n) is 3.90. The van der Waals surface area contributed by atoms with Crippen molar-refractivity contribution in [2.75, 3.05) is 13.6 Å². The summed E-state index contributed by atoms with van der Waals surface area (Å²) >= 11 is 0. The van der Waals surface area contributed by atoms with E-state index in [1.54, 1.807) is 0 Å². The molecule has 1 saturated carbocycles. The van der Waals surface area contributed by atoms with E-state index in [0.29, 0.717) is 6.04 Å². The highest BCUT2D eigenvalue weighted by Crippen LogP contribution is 2.45. The second kappa shape index (κ2) is 2.83. The predicted molar refractivity (Wildman–Crippen MR) is 45.0 cm³/mol. The predicted octanol–water partition coefficient (Wildman–Crippen LogP) is 1.63. The molecule has 11 heavy (non-hydrogen) atoms. The Balaban J connectivity index is 2.37. The summed E-state index contributed by atoms with van der Waals surface area (Å²) in [6, 6.07) is 2.95. The highest BCUT2D eigenvalue weighted by atomic mass is 15.1. The van der Waals surface area contributed by atoms with E-state index in [-0.39, 0.29) is 5.41 Å². The molecule has 0 atom stereocenters. The molecule has 0 N–H and O–H groups in total. The molecule has 0 aromatic carbocycles. The van der Waals surface area contributed by atoms with Crippen molar-refractivity contribution in [2.24, 2.45) is 5.41 Å². The van der Waals surface area contributed by atoms with Gasteiger partial charge in [-0.25, -0.2) is 0 Å². The third kappa shape index (κ3) is 1.94. The zero-order valence-corrected chi connectivity index (χ0v) is 7.59. The number of hydrogen-bond acceptors (Lipinski definition) is 2. The van der Waals surface area contributed by atoms with E-state index in [1.807, 2.05) is 0 Å². The largest absolute Gasteiger partial charge is 0.302 e. The minimum Gasteiger partial charge on any atom is -0.302 e. The Bertz CT molecular complexity index is 174. The quantitative estimate of drug-likeness (QED) is 0.614. The van der Waals surface area contributed by atoms with Crippen LogP contribution in [0.5, 0.6) is 0 Å². The summed E-state index contributed by atoms with van der Waals surface area (Å²) in [5.41, 5.74) is 0.0268. The van der Waals surface area contributed by atoms with Crippen LogP contribution in [0.2, 0.25) is 0 Å². The standard InChI is InChI=1S/C9H16N2/c1-8(2)11(3)7-9(6-10)4-5-9/h8H,4-5,7H2,1-3H3. The molecule has 0 radical (unpaired) electrons. The molecule has 0 aromatic heterocycles. The first kappa shape index (κ1) is 8.55. The fourth-order valence-corrected chi connectivity index (χ4v) is 1.12. The average molecular weight is 152 g/mol. The first-order valence-corrected chi connectivity index (χ1v) is 4.21. The van der Waals surface area contributed by atoms with Crippen molar-refractivity contribution in [1.82, 2.24) is 4.90 Å². The van der Waals surface area contributed by atoms with Crippen LogP contribution in [0.4, 0.5) is 0 Å². The van der Waals surface area contributed by atoms with E-state index in [9.17, 15) is 0 Å². The summed E-state index contributed by atoms with van der Waals surface area (Å²) in [5.74, 6) is 0. The van der Waals surface area contributed by atoms with E-state index in [2.05, 4.69) is 31.9 Å². The molecule has 0 amide bonds. The topological polar surface area (TPSA) is 27.0 Å². The van der Waals surface area contributed by atoms with Crippen molar-refractivity contribution >= 4 is 0 Å². The summed E-state index contributed by atoms with van der Waals surface area (Å²) in [6.07, 6.45) is 2.20. The Morgan fingerprint density at radius 3 is 2.36 bits per heavy atom. The van der Waals surface area contributed by atoms with Crippen LogP contribution < -0.4 is 0 Å². The van der Waals surface area contributed by atoms with E-state index < -0.39 is 0 Å². The number of nitrogens with zero attached hydrogens (tertiary/aromatic N) is 2. The second-order valence-corrected chi connectivity index (χ2v) is 3.90. The van der Waals surface area contributed by atoms with E-state index >= 15 is 0 Å². The molecular weight excluding hydrogens is 136 g/mol. The van der Waals surface area contributed by atoms with E-state index in [4.69, 9.17) is 5.26 Å². The van der Waals surface area contributed by atoms with Crippen molar-refractivity contribution < 1.29 is 0 Å². The minimum absolute atomic E-state index is 0.0268. The van der Waals surface area contributed by atoms with Crippen molar-refractivity contribution in [3.8, 4) is 6.07 Å². The molecule has 62 valence electrons. The summed E-state index contributed by atoms with van der Waals surface area (Å²) in [6.45, 7) is 5.27. The van der Waals surface area contributed by atoms with Crippen molar-refractivity contribution in [2.45, 2.75) is 32.7 Å². The molecule has 1 rings (SSSR count). The van der Waals surface area contributed by atoms with Gasteiger partial charge in [0.05, 0.1) is 11.5 Å². The molecule has 2 heteroatoms. The maximum absolute atomic E-state index is 8.81. The van der Waals surface area contributed by atoms with Gasteiger partial charge in [-0.05, 0) is 33.7 Å². The normalized spacial score (nSPS) is 20.4. The molecule has 0 saturated heterocycles. The summed E-state index contributed by atoms with van der Waals surface area (Å²) in [4.78, 5) is 2.25. The van der Waals surface area contributed by atoms with E-state index in [1.165, 1.54) is 0 Å². The van der Waals surface area contributed by atoms with Gasteiger partial charge in [0.2, 0.25) is 0 Å². The maximum atomic E-state index is 8.81. The highest BCUT2D eigenvalue weighted by Gasteiger charge is 2.43. The van der Waals surface area contributed by atoms with Crippen LogP contribution >= 0.6 is 0 Å². The summed E-state index contributed by atoms with van der Waals surface area (Å²) in [7, 11) is 2.09. The fraction of sp³-hybridized carbons (Fsp3) is 0.889. The highest BCUT2D eigenvalue weighted by molar-refractivity contribution is 5.11. The molecule has 0 spiro atoms. The van der Waals surface area contributed by atoms with Crippen molar-refractivity contribution in [3.63, 3.8) is 0 Å². The van der Waals surface area contributed by atoms with Crippen molar-refractivity contribution in [1.29, 1.82) is 5.26 Å². The molecule has 0 aromatic rings. The van der Waals surface area contributed by atoms with Gasteiger partial charge in [0.1, 0.15) is 0 Å². The lowest BCUT2D eigenvalue weighted by Gasteiger charge is -2.22. The minimum atomic E-state index is 0.0268. The molecule has 0 unspecified atom stereocenters. The lowest BCUT2D eigenvalue weighted by Crippen LogP contribution is -2.31. The molecule has 0 aliphatic heterocycles. The molecule has 1 aliphatic carbocycles. The molecule has 2 nitrogen and oxygen atoms in total. The third-order valence-electron chi connectivity index (χ3n) is 2.52. The Morgan fingerprint density at radius 2 is 2.09 bits per heavy atom. The number of rotatable bonds is 3. The van der Waals surface area contributed by atoms with Crippen LogP contribution in [-0.2, 0) is 0 Å². The summed E-state index contributed by atoms with van der Waals surface area (Å²) in [5, 5.41) is 8.81. The molecule has 0 bridgehead atoms. The molecule has 1 aliphatic rings. The van der Waals surface area contributed by atoms with E-state index in [0.717, 1.165) is 19.4 Å². The monoisotopic (exact) mass is 152 g/mol. The van der Waals surface area contributed by atoms with Gasteiger partial charge in [0.15, 0.2) is 0 Å². The van der Waals surface area contributed by atoms with Gasteiger partial charge in [-0.3, -0.25) is 0 Å². The van der Waals surface area contributed by atoms with Crippen LogP contribution in [-0.4, -0.2) is 24.5 Å². The number of nitriles is 1. The SMILES string of the molecule is CC(C)N(C)CC1(C#N)CC1. The zero-order chi connectivity index (χ0) is 8.48. The lowest BCUT2D eigenvalue weighted by atomic mass is 10.1. The third-order valence-corrected chi connectivity index (χ3v) is 2.52. The Kier molecular flexibility index (Phi) is 2.20. The van der Waals surface area contributed by atoms with Crippen molar-refractivity contribution in [3.05, 3.63) is 0 Å². The van der Waals surface area contributed by atoms with Gasteiger partial charge < -0.3 is 4.90 Å². The molecule has 0 heterocycles. The van der Waals surface area contributed by atoms with Crippen LogP contribution in [0.25, 0.3) is 0 Å². The van der Waals surface area contributed by atoms with Crippen LogP contribution in [0.1, 0.15) is 26.7 Å².